The molecule has 0 nitrogen and oxygen atoms in total. The first-order valence-corrected chi connectivity index (χ1v) is 3.97. The predicted molar refractivity (Wildman–Crippen MR) is 24.8 cm³/mol. The summed E-state index contributed by atoms with van der Waals surface area (Å²) in [6.07, 6.45) is -3.48. The maximum atomic E-state index is 11.1. The van der Waals surface area contributed by atoms with Gasteiger partial charge in [0.2, 0.25) is 0 Å². The molecule has 0 radical (unpaired) electrons. The summed E-state index contributed by atoms with van der Waals surface area (Å²) in [7, 11) is -3.64. The third-order valence-electron chi connectivity index (χ3n) is 0.414. The van der Waals surface area contributed by atoms with Crippen molar-refractivity contribution in [3.63, 3.8) is 0 Å². The standard InChI is InChI=1S/C2HClF5P/c3-9(1(4)5)2(6,7)8/h1H. The van der Waals surface area contributed by atoms with E-state index in [1.807, 2.05) is 0 Å². The number of alkyl halides is 5. The second kappa shape index (κ2) is 2.97. The van der Waals surface area contributed by atoms with Gasteiger partial charge in [-0.1, -0.05) is 11.2 Å². The van der Waals surface area contributed by atoms with Crippen LogP contribution in [0.3, 0.4) is 0 Å². The van der Waals surface area contributed by atoms with Crippen molar-refractivity contribution in [3.05, 3.63) is 0 Å². The van der Waals surface area contributed by atoms with Crippen molar-refractivity contribution in [2.24, 2.45) is 0 Å². The molecule has 56 valence electrons. The lowest BCUT2D eigenvalue weighted by atomic mass is 11.5. The van der Waals surface area contributed by atoms with Gasteiger partial charge in [0.1, 0.15) is 0 Å². The van der Waals surface area contributed by atoms with Crippen molar-refractivity contribution in [2.45, 2.75) is 12.1 Å². The van der Waals surface area contributed by atoms with E-state index < -0.39 is 19.4 Å². The first-order valence-electron chi connectivity index (χ1n) is 1.65. The lowest BCUT2D eigenvalue weighted by molar-refractivity contribution is -0.0425. The molecule has 0 fully saturated rings. The first kappa shape index (κ1) is 9.37. The average molecular weight is 186 g/mol. The van der Waals surface area contributed by atoms with E-state index in [2.05, 4.69) is 11.2 Å². The first-order chi connectivity index (χ1) is 3.85. The van der Waals surface area contributed by atoms with Gasteiger partial charge in [-0.05, 0) is 0 Å². The van der Waals surface area contributed by atoms with E-state index >= 15 is 0 Å². The lowest BCUT2D eigenvalue weighted by Gasteiger charge is -2.10. The van der Waals surface area contributed by atoms with Crippen LogP contribution >= 0.6 is 18.5 Å². The molecule has 0 amide bonds. The molecule has 0 aliphatic rings. The molecule has 1 unspecified atom stereocenters. The van der Waals surface area contributed by atoms with Crippen LogP contribution in [0.2, 0.25) is 0 Å². The Morgan fingerprint density at radius 3 is 1.56 bits per heavy atom. The highest BCUT2D eigenvalue weighted by Crippen LogP contribution is 2.61. The highest BCUT2D eigenvalue weighted by atomic mass is 35.7. The molecule has 7 heteroatoms. The Kier molecular flexibility index (Phi) is 3.09. The predicted octanol–water partition coefficient (Wildman–Crippen LogP) is 3.36. The van der Waals surface area contributed by atoms with Gasteiger partial charge in [-0.15, -0.1) is 0 Å². The van der Waals surface area contributed by atoms with Crippen molar-refractivity contribution in [1.29, 1.82) is 0 Å². The van der Waals surface area contributed by atoms with Crippen molar-refractivity contribution in [1.82, 2.24) is 0 Å². The molecule has 0 aromatic heterocycles. The second-order valence-electron chi connectivity index (χ2n) is 1.06. The summed E-state index contributed by atoms with van der Waals surface area (Å²) in [5.74, 6) is -4.94. The van der Waals surface area contributed by atoms with Crippen LogP contribution in [0.4, 0.5) is 22.0 Å². The number of rotatable bonds is 1. The minimum atomic E-state index is -4.94. The molecule has 0 aromatic rings. The van der Waals surface area contributed by atoms with E-state index in [0.29, 0.717) is 0 Å². The minimum Gasteiger partial charge on any atom is -0.204 e. The minimum absolute atomic E-state index is 3.48. The zero-order chi connectivity index (χ0) is 7.65. The van der Waals surface area contributed by atoms with E-state index in [9.17, 15) is 22.0 Å². The van der Waals surface area contributed by atoms with Crippen molar-refractivity contribution < 1.29 is 22.0 Å². The molecule has 0 spiro atoms. The van der Waals surface area contributed by atoms with Gasteiger partial charge in [0.25, 0.3) is 6.17 Å². The molecule has 0 bridgehead atoms. The summed E-state index contributed by atoms with van der Waals surface area (Å²) in [5, 5.41) is 0. The van der Waals surface area contributed by atoms with Crippen LogP contribution in [0.1, 0.15) is 0 Å². The Morgan fingerprint density at radius 2 is 1.56 bits per heavy atom. The molecule has 1 atom stereocenters. The van der Waals surface area contributed by atoms with Crippen LogP contribution in [0.15, 0.2) is 0 Å². The molecule has 0 saturated heterocycles. The highest BCUT2D eigenvalue weighted by Gasteiger charge is 2.44. The summed E-state index contributed by atoms with van der Waals surface area (Å²) >= 11 is 4.28. The highest BCUT2D eigenvalue weighted by molar-refractivity contribution is 7.84. The Labute approximate surface area is 53.5 Å². The average Bonchev–Trinajstić information content (AvgIpc) is 1.62. The quantitative estimate of drug-likeness (QED) is 0.435. The van der Waals surface area contributed by atoms with Crippen LogP contribution in [-0.4, -0.2) is 12.1 Å². The number of hydrogen-bond donors (Lipinski definition) is 0. The topological polar surface area (TPSA) is 0 Å². The van der Waals surface area contributed by atoms with E-state index in [1.54, 1.807) is 0 Å². The van der Waals surface area contributed by atoms with Crippen LogP contribution < -0.4 is 0 Å². The Morgan fingerprint density at radius 1 is 1.22 bits per heavy atom. The summed E-state index contributed by atoms with van der Waals surface area (Å²) < 4.78 is 55.6. The zero-order valence-corrected chi connectivity index (χ0v) is 5.44. The molecule has 9 heavy (non-hydrogen) atoms. The molecular weight excluding hydrogens is 185 g/mol. The fourth-order valence-electron chi connectivity index (χ4n) is 0.111. The lowest BCUT2D eigenvalue weighted by Crippen LogP contribution is -2.05. The largest absolute Gasteiger partial charge is 0.425 e. The fourth-order valence-corrected chi connectivity index (χ4v) is 0.332. The summed E-state index contributed by atoms with van der Waals surface area (Å²) in [5.41, 5.74) is 0. The number of hydrogen-bond acceptors (Lipinski definition) is 0. The van der Waals surface area contributed by atoms with E-state index in [-0.39, 0.29) is 0 Å². The van der Waals surface area contributed by atoms with Gasteiger partial charge in [0.05, 0.1) is 0 Å². The monoisotopic (exact) mass is 186 g/mol. The normalized spacial score (nSPS) is 16.3. The Hall–Kier alpha value is 0.370. The molecule has 0 N–H and O–H groups in total. The van der Waals surface area contributed by atoms with E-state index in [1.165, 1.54) is 0 Å². The zero-order valence-electron chi connectivity index (χ0n) is 3.79. The van der Waals surface area contributed by atoms with E-state index in [4.69, 9.17) is 0 Å². The summed E-state index contributed by atoms with van der Waals surface area (Å²) in [6, 6.07) is 0. The van der Waals surface area contributed by atoms with Gasteiger partial charge >= 0.3 is 5.92 Å². The van der Waals surface area contributed by atoms with Crippen molar-refractivity contribution >= 4 is 18.5 Å². The molecular formula is C2HClF5P. The van der Waals surface area contributed by atoms with Crippen LogP contribution in [0, 0.1) is 0 Å². The van der Waals surface area contributed by atoms with Gasteiger partial charge in [-0.25, -0.2) is 8.78 Å². The van der Waals surface area contributed by atoms with Crippen LogP contribution in [-0.2, 0) is 0 Å². The van der Waals surface area contributed by atoms with Gasteiger partial charge < -0.3 is 0 Å². The van der Waals surface area contributed by atoms with Gasteiger partial charge in [0.15, 0.2) is 7.27 Å². The van der Waals surface area contributed by atoms with Crippen LogP contribution in [0.25, 0.3) is 0 Å². The molecule has 0 aromatic carbocycles. The third-order valence-corrected chi connectivity index (χ3v) is 2.26. The number of halogens is 6. The molecule has 0 rings (SSSR count). The summed E-state index contributed by atoms with van der Waals surface area (Å²) in [6.45, 7) is 0. The second-order valence-corrected chi connectivity index (χ2v) is 3.67. The van der Waals surface area contributed by atoms with Crippen molar-refractivity contribution in [3.8, 4) is 0 Å². The van der Waals surface area contributed by atoms with Crippen LogP contribution in [0.5, 0.6) is 0 Å². The molecule has 0 heterocycles. The Bertz CT molecular complexity index is 89.4. The van der Waals surface area contributed by atoms with E-state index in [0.717, 1.165) is 0 Å². The molecule has 0 aliphatic heterocycles. The third kappa shape index (κ3) is 3.16. The summed E-state index contributed by atoms with van der Waals surface area (Å²) in [4.78, 5) is 0. The van der Waals surface area contributed by atoms with Gasteiger partial charge in [-0.3, -0.25) is 0 Å². The van der Waals surface area contributed by atoms with Crippen molar-refractivity contribution in [2.75, 3.05) is 0 Å². The maximum absolute atomic E-state index is 11.1. The molecule has 0 saturated carbocycles. The van der Waals surface area contributed by atoms with Gasteiger partial charge in [-0.2, -0.15) is 13.2 Å². The fraction of sp³-hybridized carbons (Fsp3) is 1.00. The smallest absolute Gasteiger partial charge is 0.204 e. The SMILES string of the molecule is FC(F)P(Cl)C(F)(F)F. The Balaban J connectivity index is 3.88. The maximum Gasteiger partial charge on any atom is 0.425 e. The van der Waals surface area contributed by atoms with Gasteiger partial charge in [0, 0.05) is 0 Å². The molecule has 0 aliphatic carbocycles.